The van der Waals surface area contributed by atoms with Crippen LogP contribution in [0.3, 0.4) is 0 Å². The Hall–Kier alpha value is -2.59. The molecule has 2 heterocycles. The van der Waals surface area contributed by atoms with Gasteiger partial charge in [0.25, 0.3) is 5.56 Å². The molecular weight excluding hydrogens is 431 g/mol. The van der Waals surface area contributed by atoms with Crippen molar-refractivity contribution in [1.82, 2.24) is 9.38 Å². The third kappa shape index (κ3) is 4.70. The molecule has 0 radical (unpaired) electrons. The molecule has 0 spiro atoms. The Labute approximate surface area is 168 Å². The monoisotopic (exact) mass is 445 g/mol. The third-order valence-electron chi connectivity index (χ3n) is 4.09. The first-order valence-electron chi connectivity index (χ1n) is 8.27. The summed E-state index contributed by atoms with van der Waals surface area (Å²) in [6, 6.07) is 7.93. The molecule has 0 saturated carbocycles. The second-order valence-electron chi connectivity index (χ2n) is 6.32. The number of nitrogens with zero attached hydrogens (tertiary/aromatic N) is 2. The van der Waals surface area contributed by atoms with Gasteiger partial charge in [-0.15, -0.1) is 0 Å². The van der Waals surface area contributed by atoms with Crippen molar-refractivity contribution in [2.75, 3.05) is 23.9 Å². The van der Waals surface area contributed by atoms with Crippen molar-refractivity contribution in [3.8, 4) is 11.1 Å². The number of fused-ring (bicyclic) bond motifs is 1. The number of anilines is 1. The lowest BCUT2D eigenvalue weighted by molar-refractivity contribution is -0.137. The quantitative estimate of drug-likeness (QED) is 0.650. The van der Waals surface area contributed by atoms with Crippen molar-refractivity contribution in [2.45, 2.75) is 6.18 Å². The number of alkyl halides is 3. The number of hydrogen-bond acceptors (Lipinski definition) is 5. The van der Waals surface area contributed by atoms with E-state index in [1.165, 1.54) is 16.5 Å². The Morgan fingerprint density at radius 1 is 1.21 bits per heavy atom. The smallest absolute Gasteiger partial charge is 0.354 e. The van der Waals surface area contributed by atoms with E-state index in [-0.39, 0.29) is 39.9 Å². The Morgan fingerprint density at radius 2 is 1.90 bits per heavy atom. The molecule has 11 heteroatoms. The largest absolute Gasteiger partial charge is 0.416 e. The number of pyridine rings is 1. The lowest BCUT2D eigenvalue weighted by Crippen LogP contribution is -2.22. The summed E-state index contributed by atoms with van der Waals surface area (Å²) in [4.78, 5) is 16.6. The first-order chi connectivity index (χ1) is 13.5. The summed E-state index contributed by atoms with van der Waals surface area (Å²) < 4.78 is 63.6. The predicted octanol–water partition coefficient (Wildman–Crippen LogP) is 3.49. The third-order valence-corrected chi connectivity index (χ3v) is 5.36. The van der Waals surface area contributed by atoms with E-state index in [1.807, 2.05) is 0 Å². The van der Waals surface area contributed by atoms with E-state index in [0.29, 0.717) is 0 Å². The van der Waals surface area contributed by atoms with Crippen LogP contribution in [0.15, 0.2) is 47.4 Å². The molecule has 0 atom stereocenters. The van der Waals surface area contributed by atoms with Crippen LogP contribution in [0.4, 0.5) is 19.1 Å². The highest BCUT2D eigenvalue weighted by molar-refractivity contribution is 7.90. The minimum absolute atomic E-state index is 0.0604. The lowest BCUT2D eigenvalue weighted by Gasteiger charge is -2.16. The molecule has 3 aromatic rings. The van der Waals surface area contributed by atoms with Crippen LogP contribution in [0.1, 0.15) is 5.56 Å². The maximum atomic E-state index is 13.3. The van der Waals surface area contributed by atoms with Gasteiger partial charge >= 0.3 is 6.18 Å². The minimum atomic E-state index is -4.62. The van der Waals surface area contributed by atoms with Gasteiger partial charge in [0, 0.05) is 29.6 Å². The molecule has 0 saturated heterocycles. The molecule has 0 aliphatic rings. The van der Waals surface area contributed by atoms with E-state index in [9.17, 15) is 26.4 Å². The normalized spacial score (nSPS) is 12.3. The van der Waals surface area contributed by atoms with Gasteiger partial charge in [0.2, 0.25) is 5.95 Å². The molecule has 29 heavy (non-hydrogen) atoms. The molecule has 0 bridgehead atoms. The first kappa shape index (κ1) is 21.1. The van der Waals surface area contributed by atoms with Gasteiger partial charge in [0.05, 0.1) is 22.4 Å². The Bertz CT molecular complexity index is 1240. The average Bonchev–Trinajstić information content (AvgIpc) is 2.60. The fourth-order valence-electron chi connectivity index (χ4n) is 2.76. The van der Waals surface area contributed by atoms with Gasteiger partial charge in [-0.05, 0) is 18.2 Å². The predicted molar refractivity (Wildman–Crippen MR) is 105 cm³/mol. The van der Waals surface area contributed by atoms with E-state index in [2.05, 4.69) is 10.3 Å². The SMILES string of the molecule is CS(=O)(=O)CCNc1nc(=O)c(-c2ccccc2Cl)c2cc(C(F)(F)F)ccn12. The summed E-state index contributed by atoms with van der Waals surface area (Å²) in [5, 5.41) is 2.88. The van der Waals surface area contributed by atoms with Crippen LogP contribution in [0.5, 0.6) is 0 Å². The number of benzene rings is 1. The summed E-state index contributed by atoms with van der Waals surface area (Å²) in [5.41, 5.74) is -1.64. The van der Waals surface area contributed by atoms with Crippen LogP contribution in [0.2, 0.25) is 5.02 Å². The van der Waals surface area contributed by atoms with E-state index < -0.39 is 27.1 Å². The molecule has 6 nitrogen and oxygen atoms in total. The van der Waals surface area contributed by atoms with Crippen LogP contribution in [0.25, 0.3) is 16.6 Å². The van der Waals surface area contributed by atoms with Crippen molar-refractivity contribution >= 4 is 32.9 Å². The molecule has 2 aromatic heterocycles. The second kappa shape index (κ2) is 7.68. The molecule has 154 valence electrons. The highest BCUT2D eigenvalue weighted by Gasteiger charge is 2.31. The van der Waals surface area contributed by atoms with E-state index in [1.54, 1.807) is 12.1 Å². The lowest BCUT2D eigenvalue weighted by atomic mass is 10.0. The van der Waals surface area contributed by atoms with Crippen molar-refractivity contribution in [2.24, 2.45) is 0 Å². The zero-order valence-electron chi connectivity index (χ0n) is 15.0. The van der Waals surface area contributed by atoms with Crippen LogP contribution in [0, 0.1) is 0 Å². The van der Waals surface area contributed by atoms with Gasteiger partial charge in [-0.3, -0.25) is 9.20 Å². The number of aromatic nitrogens is 2. The number of hydrogen-bond donors (Lipinski definition) is 1. The van der Waals surface area contributed by atoms with Gasteiger partial charge in [0.1, 0.15) is 9.84 Å². The molecule has 1 N–H and O–H groups in total. The molecule has 0 unspecified atom stereocenters. The highest BCUT2D eigenvalue weighted by Crippen LogP contribution is 2.34. The highest BCUT2D eigenvalue weighted by atomic mass is 35.5. The fraction of sp³-hybridized carbons (Fsp3) is 0.222. The van der Waals surface area contributed by atoms with Crippen LogP contribution < -0.4 is 10.9 Å². The average molecular weight is 446 g/mol. The Morgan fingerprint density at radius 3 is 2.52 bits per heavy atom. The van der Waals surface area contributed by atoms with Gasteiger partial charge in [-0.1, -0.05) is 29.8 Å². The molecular formula is C18H15ClF3N3O3S. The van der Waals surface area contributed by atoms with Crippen molar-refractivity contribution in [3.05, 3.63) is 63.5 Å². The maximum Gasteiger partial charge on any atom is 0.416 e. The number of nitrogens with one attached hydrogen (secondary N) is 1. The zero-order valence-corrected chi connectivity index (χ0v) is 16.6. The number of halogens is 4. The van der Waals surface area contributed by atoms with Crippen molar-refractivity contribution in [3.63, 3.8) is 0 Å². The standard InChI is InChI=1S/C18H15ClF3N3O3S/c1-29(27,28)9-7-23-17-24-16(26)15(12-4-2-3-5-13(12)19)14-10-11(18(20,21)22)6-8-25(14)17/h2-6,8,10H,7,9H2,1H3,(H,23,24,26). The van der Waals surface area contributed by atoms with Crippen LogP contribution in [-0.2, 0) is 16.0 Å². The summed E-state index contributed by atoms with van der Waals surface area (Å²) >= 11 is 6.15. The summed E-state index contributed by atoms with van der Waals surface area (Å²) in [7, 11) is -3.28. The molecule has 0 aliphatic carbocycles. The van der Waals surface area contributed by atoms with Crippen molar-refractivity contribution < 1.29 is 21.6 Å². The molecule has 3 rings (SSSR count). The van der Waals surface area contributed by atoms with Gasteiger partial charge < -0.3 is 5.32 Å². The van der Waals surface area contributed by atoms with E-state index >= 15 is 0 Å². The fourth-order valence-corrected chi connectivity index (χ4v) is 3.46. The topological polar surface area (TPSA) is 80.5 Å². The Balaban J connectivity index is 2.25. The Kier molecular flexibility index (Phi) is 5.59. The second-order valence-corrected chi connectivity index (χ2v) is 8.99. The molecule has 1 aromatic carbocycles. The number of sulfone groups is 1. The maximum absolute atomic E-state index is 13.3. The summed E-state index contributed by atoms with van der Waals surface area (Å²) in [5.74, 6) is -0.309. The molecule has 0 aliphatic heterocycles. The van der Waals surface area contributed by atoms with Crippen LogP contribution in [-0.4, -0.2) is 36.4 Å². The summed E-state index contributed by atoms with van der Waals surface area (Å²) in [6.45, 7) is -0.0696. The van der Waals surface area contributed by atoms with Crippen LogP contribution >= 0.6 is 11.6 Å². The zero-order chi connectivity index (χ0) is 21.4. The van der Waals surface area contributed by atoms with E-state index in [4.69, 9.17) is 11.6 Å². The van der Waals surface area contributed by atoms with Gasteiger partial charge in [-0.2, -0.15) is 18.2 Å². The van der Waals surface area contributed by atoms with Gasteiger partial charge in [-0.25, -0.2) is 8.42 Å². The van der Waals surface area contributed by atoms with E-state index in [0.717, 1.165) is 24.6 Å². The summed E-state index contributed by atoms with van der Waals surface area (Å²) in [6.07, 6.45) is -2.46. The first-order valence-corrected chi connectivity index (χ1v) is 10.7. The minimum Gasteiger partial charge on any atom is -0.354 e. The number of rotatable bonds is 5. The molecule has 0 amide bonds. The van der Waals surface area contributed by atoms with Gasteiger partial charge in [0.15, 0.2) is 0 Å². The van der Waals surface area contributed by atoms with Crippen molar-refractivity contribution in [1.29, 1.82) is 0 Å². The molecule has 0 fully saturated rings.